The molecule has 23 heavy (non-hydrogen) atoms. The topological polar surface area (TPSA) is 41.6 Å². The zero-order valence-electron chi connectivity index (χ0n) is 13.0. The van der Waals surface area contributed by atoms with Gasteiger partial charge in [-0.2, -0.15) is 0 Å². The first kappa shape index (κ1) is 15.7. The highest BCUT2D eigenvalue weighted by molar-refractivity contribution is 6.30. The number of carbonyl (C=O) groups is 1. The molecule has 1 aliphatic rings. The molecule has 0 aromatic heterocycles. The van der Waals surface area contributed by atoms with Gasteiger partial charge in [0.05, 0.1) is 0 Å². The first-order chi connectivity index (χ1) is 11.2. The van der Waals surface area contributed by atoms with Crippen LogP contribution in [0, 0.1) is 0 Å². The summed E-state index contributed by atoms with van der Waals surface area (Å²) >= 11 is 5.81. The van der Waals surface area contributed by atoms with Gasteiger partial charge in [0.15, 0.2) is 6.61 Å². The van der Waals surface area contributed by atoms with Crippen molar-refractivity contribution in [2.24, 2.45) is 0 Å². The van der Waals surface area contributed by atoms with Gasteiger partial charge in [0.25, 0.3) is 5.91 Å². The van der Waals surface area contributed by atoms with Crippen LogP contribution in [-0.4, -0.2) is 25.6 Å². The summed E-state index contributed by atoms with van der Waals surface area (Å²) in [4.78, 5) is 14.3. The van der Waals surface area contributed by atoms with E-state index in [1.54, 1.807) is 24.3 Å². The van der Waals surface area contributed by atoms with Crippen LogP contribution in [0.3, 0.4) is 0 Å². The minimum Gasteiger partial charge on any atom is -0.484 e. The molecule has 0 atom stereocenters. The van der Waals surface area contributed by atoms with Crippen LogP contribution in [0.15, 0.2) is 42.5 Å². The monoisotopic (exact) mass is 330 g/mol. The summed E-state index contributed by atoms with van der Waals surface area (Å²) in [6.45, 7) is 4.13. The molecule has 1 N–H and O–H groups in total. The summed E-state index contributed by atoms with van der Waals surface area (Å²) in [5.41, 5.74) is 3.35. The second-order valence-corrected chi connectivity index (χ2v) is 5.90. The lowest BCUT2D eigenvalue weighted by atomic mass is 10.1. The number of hydrogen-bond donors (Lipinski definition) is 1. The molecular weight excluding hydrogens is 312 g/mol. The lowest BCUT2D eigenvalue weighted by Crippen LogP contribution is -2.21. The van der Waals surface area contributed by atoms with Crippen LogP contribution >= 0.6 is 11.6 Å². The second kappa shape index (κ2) is 6.92. The Morgan fingerprint density at radius 2 is 2.04 bits per heavy atom. The van der Waals surface area contributed by atoms with E-state index in [1.807, 2.05) is 12.1 Å². The molecule has 0 bridgehead atoms. The summed E-state index contributed by atoms with van der Waals surface area (Å²) < 4.78 is 5.45. The predicted octanol–water partition coefficient (Wildman–Crippen LogP) is 3.74. The number of hydrogen-bond acceptors (Lipinski definition) is 3. The smallest absolute Gasteiger partial charge is 0.262 e. The third-order valence-electron chi connectivity index (χ3n) is 3.93. The molecule has 2 aromatic carbocycles. The Kier molecular flexibility index (Phi) is 4.72. The van der Waals surface area contributed by atoms with Crippen LogP contribution in [0.4, 0.5) is 11.4 Å². The maximum Gasteiger partial charge on any atom is 0.262 e. The second-order valence-electron chi connectivity index (χ2n) is 5.46. The van der Waals surface area contributed by atoms with Crippen molar-refractivity contribution in [3.8, 4) is 5.75 Å². The summed E-state index contributed by atoms with van der Waals surface area (Å²) in [7, 11) is 0. The fraction of sp³-hybridized carbons (Fsp3) is 0.278. The van der Waals surface area contributed by atoms with E-state index in [0.29, 0.717) is 10.8 Å². The van der Waals surface area contributed by atoms with Crippen molar-refractivity contribution in [3.05, 3.63) is 53.1 Å². The Balaban J connectivity index is 1.59. The molecule has 0 spiro atoms. The molecule has 5 heteroatoms. The molecule has 120 valence electrons. The molecule has 0 aliphatic carbocycles. The van der Waals surface area contributed by atoms with E-state index < -0.39 is 0 Å². The average molecular weight is 331 g/mol. The Bertz CT molecular complexity index is 701. The summed E-state index contributed by atoms with van der Waals surface area (Å²) in [5, 5.41) is 3.52. The van der Waals surface area contributed by atoms with Gasteiger partial charge in [-0.25, -0.2) is 0 Å². The number of likely N-dealkylation sites (N-methyl/N-ethyl adjacent to an activating group) is 1. The van der Waals surface area contributed by atoms with Crippen molar-refractivity contribution in [1.82, 2.24) is 0 Å². The van der Waals surface area contributed by atoms with Crippen LogP contribution in [0.1, 0.15) is 12.5 Å². The fourth-order valence-corrected chi connectivity index (χ4v) is 2.85. The highest BCUT2D eigenvalue weighted by atomic mass is 35.5. The normalized spacial score (nSPS) is 12.9. The lowest BCUT2D eigenvalue weighted by Gasteiger charge is -2.17. The fourth-order valence-electron chi connectivity index (χ4n) is 2.73. The molecule has 0 unspecified atom stereocenters. The van der Waals surface area contributed by atoms with E-state index in [-0.39, 0.29) is 12.5 Å². The highest BCUT2D eigenvalue weighted by Gasteiger charge is 2.18. The molecule has 1 amide bonds. The van der Waals surface area contributed by atoms with Crippen molar-refractivity contribution < 1.29 is 9.53 Å². The maximum atomic E-state index is 12.0. The quantitative estimate of drug-likeness (QED) is 0.908. The number of carbonyl (C=O) groups excluding carboxylic acids is 1. The van der Waals surface area contributed by atoms with Crippen molar-refractivity contribution >= 4 is 28.9 Å². The van der Waals surface area contributed by atoms with E-state index in [1.165, 1.54) is 11.3 Å². The number of nitrogens with zero attached hydrogens (tertiary/aromatic N) is 1. The van der Waals surface area contributed by atoms with Gasteiger partial charge in [-0.05, 0) is 55.3 Å². The van der Waals surface area contributed by atoms with E-state index in [2.05, 4.69) is 23.2 Å². The summed E-state index contributed by atoms with van der Waals surface area (Å²) in [6.07, 6.45) is 1.07. The van der Waals surface area contributed by atoms with Gasteiger partial charge in [0.1, 0.15) is 5.75 Å². The molecule has 1 heterocycles. The van der Waals surface area contributed by atoms with E-state index in [0.717, 1.165) is 25.2 Å². The molecule has 0 saturated heterocycles. The van der Waals surface area contributed by atoms with E-state index in [9.17, 15) is 4.79 Å². The number of halogens is 1. The lowest BCUT2D eigenvalue weighted by molar-refractivity contribution is -0.118. The SMILES string of the molecule is CCN1CCc2ccc(NC(=O)COc3ccc(Cl)cc3)cc21. The van der Waals surface area contributed by atoms with Gasteiger partial charge in [-0.1, -0.05) is 17.7 Å². The predicted molar refractivity (Wildman–Crippen MR) is 93.6 cm³/mol. The minimum absolute atomic E-state index is 0.0315. The minimum atomic E-state index is -0.180. The van der Waals surface area contributed by atoms with Crippen LogP contribution in [-0.2, 0) is 11.2 Å². The Morgan fingerprint density at radius 1 is 1.26 bits per heavy atom. The number of rotatable bonds is 5. The van der Waals surface area contributed by atoms with Crippen LogP contribution in [0.5, 0.6) is 5.75 Å². The molecule has 1 aliphatic heterocycles. The largest absolute Gasteiger partial charge is 0.484 e. The molecule has 4 nitrogen and oxygen atoms in total. The Labute approximate surface area is 141 Å². The van der Waals surface area contributed by atoms with Gasteiger partial charge in [-0.3, -0.25) is 4.79 Å². The van der Waals surface area contributed by atoms with E-state index in [4.69, 9.17) is 16.3 Å². The first-order valence-electron chi connectivity index (χ1n) is 7.72. The standard InChI is InChI=1S/C18H19ClN2O2/c1-2-21-10-9-13-3-6-15(11-17(13)21)20-18(22)12-23-16-7-4-14(19)5-8-16/h3-8,11H,2,9-10,12H2,1H3,(H,20,22). The van der Waals surface area contributed by atoms with Crippen molar-refractivity contribution in [3.63, 3.8) is 0 Å². The summed E-state index contributed by atoms with van der Waals surface area (Å²) in [5.74, 6) is 0.441. The number of anilines is 2. The van der Waals surface area contributed by atoms with Gasteiger partial charge in [-0.15, -0.1) is 0 Å². The highest BCUT2D eigenvalue weighted by Crippen LogP contribution is 2.30. The van der Waals surface area contributed by atoms with Gasteiger partial charge in [0.2, 0.25) is 0 Å². The summed E-state index contributed by atoms with van der Waals surface area (Å²) in [6, 6.07) is 13.0. The van der Waals surface area contributed by atoms with Crippen molar-refractivity contribution in [2.45, 2.75) is 13.3 Å². The number of amides is 1. The molecular formula is C18H19ClN2O2. The zero-order valence-corrected chi connectivity index (χ0v) is 13.8. The van der Waals surface area contributed by atoms with Gasteiger partial charge in [0, 0.05) is 29.5 Å². The third kappa shape index (κ3) is 3.77. The molecule has 2 aromatic rings. The first-order valence-corrected chi connectivity index (χ1v) is 8.09. The maximum absolute atomic E-state index is 12.0. The van der Waals surface area contributed by atoms with Gasteiger partial charge < -0.3 is 15.0 Å². The Hall–Kier alpha value is -2.20. The number of fused-ring (bicyclic) bond motifs is 1. The zero-order chi connectivity index (χ0) is 16.2. The van der Waals surface area contributed by atoms with Crippen LogP contribution in [0.25, 0.3) is 0 Å². The van der Waals surface area contributed by atoms with Crippen LogP contribution < -0.4 is 15.0 Å². The third-order valence-corrected chi connectivity index (χ3v) is 4.18. The molecule has 0 saturated carbocycles. The average Bonchev–Trinajstić information content (AvgIpc) is 2.96. The number of benzene rings is 2. The van der Waals surface area contributed by atoms with Gasteiger partial charge >= 0.3 is 0 Å². The number of ether oxygens (including phenoxy) is 1. The van der Waals surface area contributed by atoms with E-state index >= 15 is 0 Å². The molecule has 3 rings (SSSR count). The van der Waals surface area contributed by atoms with Crippen molar-refractivity contribution in [1.29, 1.82) is 0 Å². The Morgan fingerprint density at radius 3 is 2.78 bits per heavy atom. The van der Waals surface area contributed by atoms with Crippen molar-refractivity contribution in [2.75, 3.05) is 29.9 Å². The van der Waals surface area contributed by atoms with Crippen LogP contribution in [0.2, 0.25) is 5.02 Å². The number of nitrogens with one attached hydrogen (secondary N) is 1. The molecule has 0 radical (unpaired) electrons. The molecule has 0 fully saturated rings.